The van der Waals surface area contributed by atoms with Crippen molar-refractivity contribution in [3.63, 3.8) is 0 Å². The molecular formula is C9H12N2O. The van der Waals surface area contributed by atoms with Gasteiger partial charge in [0.25, 0.3) is 0 Å². The fraction of sp³-hybridized carbons (Fsp3) is 0.333. The Morgan fingerprint density at radius 1 is 1.42 bits per heavy atom. The molecule has 64 valence electrons. The van der Waals surface area contributed by atoms with Crippen LogP contribution in [0.15, 0.2) is 24.3 Å². The third kappa shape index (κ3) is 1.07. The highest BCUT2D eigenvalue weighted by Gasteiger charge is 2.20. The summed E-state index contributed by atoms with van der Waals surface area (Å²) in [5.74, 6) is 0. The Morgan fingerprint density at radius 3 is 3.00 bits per heavy atom. The van der Waals surface area contributed by atoms with Crippen molar-refractivity contribution in [2.75, 3.05) is 12.5 Å². The van der Waals surface area contributed by atoms with E-state index in [1.165, 1.54) is 5.56 Å². The van der Waals surface area contributed by atoms with Gasteiger partial charge in [-0.1, -0.05) is 18.2 Å². The zero-order valence-corrected chi connectivity index (χ0v) is 7.24. The Kier molecular flexibility index (Phi) is 1.75. The van der Waals surface area contributed by atoms with Gasteiger partial charge in [-0.15, -0.1) is 0 Å². The highest BCUT2D eigenvalue weighted by Crippen LogP contribution is 2.30. The molecule has 1 atom stereocenters. The van der Waals surface area contributed by atoms with Crippen LogP contribution in [-0.4, -0.2) is 12.1 Å². The van der Waals surface area contributed by atoms with Gasteiger partial charge < -0.3 is 0 Å². The topological polar surface area (TPSA) is 24.5 Å². The van der Waals surface area contributed by atoms with Gasteiger partial charge in [0, 0.05) is 7.05 Å². The lowest BCUT2D eigenvalue weighted by atomic mass is 10.1. The van der Waals surface area contributed by atoms with Crippen LogP contribution in [0.5, 0.6) is 0 Å². The van der Waals surface area contributed by atoms with E-state index in [-0.39, 0.29) is 0 Å². The quantitative estimate of drug-likeness (QED) is 0.634. The number of hydroxylamine groups is 2. The predicted molar refractivity (Wildman–Crippen MR) is 47.3 cm³/mol. The summed E-state index contributed by atoms with van der Waals surface area (Å²) >= 11 is 0. The van der Waals surface area contributed by atoms with E-state index in [0.29, 0.717) is 6.04 Å². The number of hydrogen-bond donors (Lipinski definition) is 1. The molecule has 1 heterocycles. The average Bonchev–Trinajstić information content (AvgIpc) is 2.12. The minimum atomic E-state index is 0.308. The zero-order valence-electron chi connectivity index (χ0n) is 7.24. The van der Waals surface area contributed by atoms with E-state index >= 15 is 0 Å². The molecule has 1 aromatic rings. The van der Waals surface area contributed by atoms with Gasteiger partial charge in [-0.05, 0) is 18.6 Å². The predicted octanol–water partition coefficient (Wildman–Crippen LogP) is 1.95. The second-order valence-corrected chi connectivity index (χ2v) is 3.00. The Bertz CT molecular complexity index is 288. The Morgan fingerprint density at radius 2 is 2.17 bits per heavy atom. The second kappa shape index (κ2) is 2.77. The van der Waals surface area contributed by atoms with Crippen LogP contribution in [0.2, 0.25) is 0 Å². The zero-order chi connectivity index (χ0) is 8.55. The van der Waals surface area contributed by atoms with Gasteiger partial charge >= 0.3 is 0 Å². The van der Waals surface area contributed by atoms with Crippen LogP contribution in [0.4, 0.5) is 5.69 Å². The van der Waals surface area contributed by atoms with Crippen molar-refractivity contribution in [2.45, 2.75) is 13.0 Å². The molecule has 0 aliphatic carbocycles. The van der Waals surface area contributed by atoms with E-state index in [4.69, 9.17) is 4.94 Å². The fourth-order valence-electron chi connectivity index (χ4n) is 1.35. The van der Waals surface area contributed by atoms with Crippen LogP contribution in [-0.2, 0) is 4.94 Å². The first-order chi connectivity index (χ1) is 5.79. The summed E-state index contributed by atoms with van der Waals surface area (Å²) in [5, 5.41) is 1.79. The van der Waals surface area contributed by atoms with Crippen LogP contribution >= 0.6 is 0 Å². The normalized spacial score (nSPS) is 23.0. The third-order valence-electron chi connectivity index (χ3n) is 2.26. The summed E-state index contributed by atoms with van der Waals surface area (Å²) < 4.78 is 0. The summed E-state index contributed by atoms with van der Waals surface area (Å²) in [7, 11) is 1.91. The van der Waals surface area contributed by atoms with Crippen molar-refractivity contribution in [1.29, 1.82) is 0 Å². The smallest absolute Gasteiger partial charge is 0.0672 e. The largest absolute Gasteiger partial charge is 0.247 e. The molecule has 2 rings (SSSR count). The Labute approximate surface area is 71.9 Å². The molecule has 3 nitrogen and oxygen atoms in total. The molecule has 0 radical (unpaired) electrons. The molecular weight excluding hydrogens is 152 g/mol. The van der Waals surface area contributed by atoms with Crippen LogP contribution in [0.25, 0.3) is 0 Å². The number of nitrogens with zero attached hydrogens (tertiary/aromatic N) is 1. The lowest BCUT2D eigenvalue weighted by Crippen LogP contribution is -2.30. The molecule has 1 aliphatic heterocycles. The lowest BCUT2D eigenvalue weighted by molar-refractivity contribution is -0.147. The molecule has 3 heteroatoms. The fourth-order valence-corrected chi connectivity index (χ4v) is 1.35. The van der Waals surface area contributed by atoms with Crippen molar-refractivity contribution >= 4 is 5.69 Å². The molecule has 1 N–H and O–H groups in total. The number of nitrogens with one attached hydrogen (secondary N) is 1. The van der Waals surface area contributed by atoms with E-state index in [0.717, 1.165) is 5.69 Å². The molecule has 0 fully saturated rings. The summed E-state index contributed by atoms with van der Waals surface area (Å²) in [6.07, 6.45) is 0. The lowest BCUT2D eigenvalue weighted by Gasteiger charge is -2.31. The van der Waals surface area contributed by atoms with E-state index in [1.54, 1.807) is 5.06 Å². The molecule has 1 unspecified atom stereocenters. The second-order valence-electron chi connectivity index (χ2n) is 3.00. The highest BCUT2D eigenvalue weighted by atomic mass is 16.8. The maximum atomic E-state index is 5.20. The summed E-state index contributed by atoms with van der Waals surface area (Å²) in [6, 6.07) is 8.45. The van der Waals surface area contributed by atoms with E-state index in [1.807, 2.05) is 25.2 Å². The number of fused-ring (bicyclic) bond motifs is 1. The van der Waals surface area contributed by atoms with Crippen LogP contribution in [0.3, 0.4) is 0 Å². The summed E-state index contributed by atoms with van der Waals surface area (Å²) in [4.78, 5) is 5.20. The maximum absolute atomic E-state index is 5.20. The summed E-state index contributed by atoms with van der Waals surface area (Å²) in [5.41, 5.74) is 5.20. The maximum Gasteiger partial charge on any atom is 0.0672 e. The van der Waals surface area contributed by atoms with Crippen molar-refractivity contribution in [3.05, 3.63) is 29.8 Å². The molecule has 1 aliphatic rings. The van der Waals surface area contributed by atoms with Crippen LogP contribution in [0.1, 0.15) is 18.5 Å². The summed E-state index contributed by atoms with van der Waals surface area (Å²) in [6.45, 7) is 2.11. The first-order valence-electron chi connectivity index (χ1n) is 4.04. The Balaban J connectivity index is 2.42. The average molecular weight is 164 g/mol. The number of benzene rings is 1. The van der Waals surface area contributed by atoms with E-state index in [2.05, 4.69) is 18.5 Å². The molecule has 0 aromatic heterocycles. The molecule has 0 saturated heterocycles. The van der Waals surface area contributed by atoms with Gasteiger partial charge in [0.1, 0.15) is 0 Å². The molecule has 12 heavy (non-hydrogen) atoms. The minimum Gasteiger partial charge on any atom is -0.247 e. The number of rotatable bonds is 0. The number of anilines is 1. The minimum absolute atomic E-state index is 0.308. The molecule has 0 amide bonds. The monoisotopic (exact) mass is 164 g/mol. The molecule has 0 bridgehead atoms. The van der Waals surface area contributed by atoms with Crippen LogP contribution in [0, 0.1) is 0 Å². The number of para-hydroxylation sites is 1. The van der Waals surface area contributed by atoms with Crippen molar-refractivity contribution in [3.8, 4) is 0 Å². The van der Waals surface area contributed by atoms with Gasteiger partial charge in [-0.3, -0.25) is 0 Å². The first kappa shape index (κ1) is 7.58. The van der Waals surface area contributed by atoms with Crippen LogP contribution < -0.4 is 5.48 Å². The molecule has 0 saturated carbocycles. The van der Waals surface area contributed by atoms with Crippen molar-refractivity contribution in [2.24, 2.45) is 0 Å². The van der Waals surface area contributed by atoms with E-state index < -0.39 is 0 Å². The van der Waals surface area contributed by atoms with Gasteiger partial charge in [-0.2, -0.15) is 10.0 Å². The molecule has 0 spiro atoms. The van der Waals surface area contributed by atoms with E-state index in [9.17, 15) is 0 Å². The first-order valence-corrected chi connectivity index (χ1v) is 4.04. The third-order valence-corrected chi connectivity index (χ3v) is 2.26. The molecule has 1 aromatic carbocycles. The van der Waals surface area contributed by atoms with Gasteiger partial charge in [-0.25, -0.2) is 5.48 Å². The standard InChI is InChI=1S/C9H12N2O/c1-7-8-5-3-4-6-9(8)10-12-11(7)2/h3-7,10H,1-2H3. The number of hydrogen-bond acceptors (Lipinski definition) is 3. The SMILES string of the molecule is CC1c2ccccc2NON1C. The van der Waals surface area contributed by atoms with Gasteiger partial charge in [0.05, 0.1) is 11.7 Å². The van der Waals surface area contributed by atoms with Crippen molar-refractivity contribution in [1.82, 2.24) is 5.06 Å². The van der Waals surface area contributed by atoms with Crippen molar-refractivity contribution < 1.29 is 4.94 Å². The highest BCUT2D eigenvalue weighted by molar-refractivity contribution is 5.51. The van der Waals surface area contributed by atoms with Gasteiger partial charge in [0.15, 0.2) is 0 Å². The Hall–Kier alpha value is -1.06. The van der Waals surface area contributed by atoms with Gasteiger partial charge in [0.2, 0.25) is 0 Å².